The van der Waals surface area contributed by atoms with E-state index in [1.165, 1.54) is 10.9 Å². The second-order valence-electron chi connectivity index (χ2n) is 6.06. The predicted octanol–water partition coefficient (Wildman–Crippen LogP) is 4.35. The van der Waals surface area contributed by atoms with Crippen molar-refractivity contribution in [1.29, 1.82) is 0 Å². The molecule has 1 aliphatic rings. The van der Waals surface area contributed by atoms with Crippen LogP contribution >= 0.6 is 34.8 Å². The van der Waals surface area contributed by atoms with Gasteiger partial charge in [-0.25, -0.2) is 4.79 Å². The van der Waals surface area contributed by atoms with E-state index < -0.39 is 9.89 Å². The van der Waals surface area contributed by atoms with E-state index in [1.807, 2.05) is 18.2 Å². The molecule has 0 saturated heterocycles. The molecule has 2 N–H and O–H groups in total. The van der Waals surface area contributed by atoms with E-state index in [0.717, 1.165) is 17.6 Å². The van der Waals surface area contributed by atoms with E-state index in [9.17, 15) is 9.90 Å². The SMILES string of the molecule is O=C(OCC(Cl)(Cl)Cl)N1CCc2c([nH]c3ccccc23)[C@@H]1CCCO. The summed E-state index contributed by atoms with van der Waals surface area (Å²) >= 11 is 17.0. The zero-order valence-electron chi connectivity index (χ0n) is 13.5. The number of hydrogen-bond acceptors (Lipinski definition) is 3. The fraction of sp³-hybridized carbons (Fsp3) is 0.471. The molecule has 0 radical (unpaired) electrons. The number of hydrogen-bond donors (Lipinski definition) is 2. The highest BCUT2D eigenvalue weighted by atomic mass is 35.6. The second-order valence-corrected chi connectivity index (χ2v) is 8.57. The molecule has 0 bridgehead atoms. The van der Waals surface area contributed by atoms with E-state index in [-0.39, 0.29) is 19.3 Å². The van der Waals surface area contributed by atoms with Crippen molar-refractivity contribution < 1.29 is 14.6 Å². The Morgan fingerprint density at radius 3 is 2.84 bits per heavy atom. The van der Waals surface area contributed by atoms with Crippen LogP contribution in [0.5, 0.6) is 0 Å². The van der Waals surface area contributed by atoms with Crippen LogP contribution < -0.4 is 0 Å². The van der Waals surface area contributed by atoms with Gasteiger partial charge in [-0.2, -0.15) is 0 Å². The molecule has 8 heteroatoms. The number of aliphatic hydroxyl groups is 1. The van der Waals surface area contributed by atoms with Gasteiger partial charge in [0.05, 0.1) is 6.04 Å². The van der Waals surface area contributed by atoms with Crippen LogP contribution in [0.1, 0.15) is 30.1 Å². The van der Waals surface area contributed by atoms with E-state index in [1.54, 1.807) is 4.90 Å². The summed E-state index contributed by atoms with van der Waals surface area (Å²) in [5, 5.41) is 10.4. The van der Waals surface area contributed by atoms with Crippen LogP contribution in [0.2, 0.25) is 0 Å². The average Bonchev–Trinajstić information content (AvgIpc) is 2.95. The zero-order chi connectivity index (χ0) is 18.0. The van der Waals surface area contributed by atoms with Crippen LogP contribution in [-0.2, 0) is 11.2 Å². The van der Waals surface area contributed by atoms with Crippen molar-refractivity contribution in [3.05, 3.63) is 35.5 Å². The molecule has 3 rings (SSSR count). The molecule has 1 aromatic heterocycles. The number of aliphatic hydroxyl groups excluding tert-OH is 1. The summed E-state index contributed by atoms with van der Waals surface area (Å²) < 4.78 is 3.52. The molecule has 25 heavy (non-hydrogen) atoms. The van der Waals surface area contributed by atoms with E-state index in [2.05, 4.69) is 11.1 Å². The molecule has 136 valence electrons. The first-order chi connectivity index (χ1) is 11.9. The Balaban J connectivity index is 1.88. The fourth-order valence-electron chi connectivity index (χ4n) is 3.35. The summed E-state index contributed by atoms with van der Waals surface area (Å²) in [6.07, 6.45) is 1.41. The van der Waals surface area contributed by atoms with E-state index in [4.69, 9.17) is 39.5 Å². The molecule has 1 aliphatic heterocycles. The minimum Gasteiger partial charge on any atom is -0.445 e. The van der Waals surface area contributed by atoms with Crippen LogP contribution in [0, 0.1) is 0 Å². The van der Waals surface area contributed by atoms with Gasteiger partial charge in [0, 0.05) is 29.7 Å². The molecule has 2 aromatic rings. The van der Waals surface area contributed by atoms with Gasteiger partial charge in [-0.05, 0) is 30.9 Å². The molecule has 0 fully saturated rings. The van der Waals surface area contributed by atoms with Gasteiger partial charge in [-0.1, -0.05) is 53.0 Å². The lowest BCUT2D eigenvalue weighted by atomic mass is 9.95. The Morgan fingerprint density at radius 1 is 1.36 bits per heavy atom. The van der Waals surface area contributed by atoms with Crippen molar-refractivity contribution in [3.63, 3.8) is 0 Å². The maximum absolute atomic E-state index is 12.5. The highest BCUT2D eigenvalue weighted by molar-refractivity contribution is 6.67. The Hall–Kier alpha value is -1.14. The number of nitrogens with zero attached hydrogens (tertiary/aromatic N) is 1. The zero-order valence-corrected chi connectivity index (χ0v) is 15.7. The highest BCUT2D eigenvalue weighted by Gasteiger charge is 2.35. The number of aromatic nitrogens is 1. The smallest absolute Gasteiger partial charge is 0.410 e. The van der Waals surface area contributed by atoms with Gasteiger partial charge < -0.3 is 14.8 Å². The summed E-state index contributed by atoms with van der Waals surface area (Å²) in [4.78, 5) is 17.6. The normalized spacial score (nSPS) is 17.6. The van der Waals surface area contributed by atoms with Crippen molar-refractivity contribution in [2.45, 2.75) is 29.1 Å². The molecule has 1 atom stereocenters. The Labute approximate surface area is 160 Å². The number of nitrogens with one attached hydrogen (secondary N) is 1. The third kappa shape index (κ3) is 4.17. The quantitative estimate of drug-likeness (QED) is 0.743. The highest BCUT2D eigenvalue weighted by Crippen LogP contribution is 2.37. The Morgan fingerprint density at radius 2 is 2.12 bits per heavy atom. The van der Waals surface area contributed by atoms with Gasteiger partial charge in [0.1, 0.15) is 6.61 Å². The van der Waals surface area contributed by atoms with Gasteiger partial charge in [0.25, 0.3) is 0 Å². The summed E-state index contributed by atoms with van der Waals surface area (Å²) in [6.45, 7) is 0.270. The van der Waals surface area contributed by atoms with E-state index in [0.29, 0.717) is 19.4 Å². The summed E-state index contributed by atoms with van der Waals surface area (Å²) in [6, 6.07) is 7.86. The van der Waals surface area contributed by atoms with Gasteiger partial charge in [0.15, 0.2) is 0 Å². The maximum atomic E-state index is 12.5. The number of amides is 1. The second kappa shape index (κ2) is 7.62. The molecular weight excluding hydrogens is 387 g/mol. The number of carbonyl (C=O) groups excluding carboxylic acids is 1. The van der Waals surface area contributed by atoms with Crippen LogP contribution in [0.15, 0.2) is 24.3 Å². The largest absolute Gasteiger partial charge is 0.445 e. The van der Waals surface area contributed by atoms with Crippen LogP contribution in [0.25, 0.3) is 10.9 Å². The fourth-order valence-corrected chi connectivity index (χ4v) is 3.51. The molecule has 0 spiro atoms. The summed E-state index contributed by atoms with van der Waals surface area (Å²) in [5.41, 5.74) is 3.24. The minimum absolute atomic E-state index is 0.0586. The van der Waals surface area contributed by atoms with Gasteiger partial charge in [-0.15, -0.1) is 0 Å². The number of ether oxygens (including phenoxy) is 1. The number of halogens is 3. The number of rotatable bonds is 4. The molecular formula is C17H19Cl3N2O3. The lowest BCUT2D eigenvalue weighted by Gasteiger charge is -2.35. The summed E-state index contributed by atoms with van der Waals surface area (Å²) in [5.74, 6) is 0. The Kier molecular flexibility index (Phi) is 5.68. The van der Waals surface area contributed by atoms with Crippen molar-refractivity contribution in [3.8, 4) is 0 Å². The first-order valence-corrected chi connectivity index (χ1v) is 9.24. The molecule has 1 aromatic carbocycles. The number of benzene rings is 1. The topological polar surface area (TPSA) is 65.6 Å². The van der Waals surface area contributed by atoms with Crippen LogP contribution in [0.4, 0.5) is 4.79 Å². The third-order valence-electron chi connectivity index (χ3n) is 4.39. The van der Waals surface area contributed by atoms with Crippen molar-refractivity contribution in [1.82, 2.24) is 9.88 Å². The van der Waals surface area contributed by atoms with Crippen molar-refractivity contribution in [2.24, 2.45) is 0 Å². The monoisotopic (exact) mass is 404 g/mol. The number of fused-ring (bicyclic) bond motifs is 3. The Bertz CT molecular complexity index is 757. The number of alkyl halides is 3. The first-order valence-electron chi connectivity index (χ1n) is 8.11. The van der Waals surface area contributed by atoms with Gasteiger partial charge in [0.2, 0.25) is 3.79 Å². The number of carbonyl (C=O) groups is 1. The third-order valence-corrected chi connectivity index (χ3v) is 4.72. The van der Waals surface area contributed by atoms with E-state index >= 15 is 0 Å². The van der Waals surface area contributed by atoms with Crippen molar-refractivity contribution in [2.75, 3.05) is 19.8 Å². The molecule has 2 heterocycles. The predicted molar refractivity (Wildman–Crippen MR) is 99.4 cm³/mol. The van der Waals surface area contributed by atoms with Crippen LogP contribution in [-0.4, -0.2) is 44.6 Å². The number of H-pyrrole nitrogens is 1. The molecule has 0 unspecified atom stereocenters. The molecule has 5 nitrogen and oxygen atoms in total. The lowest BCUT2D eigenvalue weighted by Crippen LogP contribution is -2.41. The average molecular weight is 406 g/mol. The van der Waals surface area contributed by atoms with Gasteiger partial charge >= 0.3 is 6.09 Å². The standard InChI is InChI=1S/C17H19Cl3N2O3/c18-17(19,20)10-25-16(24)22-8-7-12-11-4-1-2-5-13(11)21-15(12)14(22)6-3-9-23/h1-2,4-5,14,21,23H,3,6-10H2/t14-/m0/s1. The molecule has 1 amide bonds. The number of para-hydroxylation sites is 1. The maximum Gasteiger partial charge on any atom is 0.410 e. The minimum atomic E-state index is -1.64. The first kappa shape index (κ1) is 18.6. The van der Waals surface area contributed by atoms with Crippen LogP contribution in [0.3, 0.4) is 0 Å². The molecule has 0 saturated carbocycles. The van der Waals surface area contributed by atoms with Crippen molar-refractivity contribution >= 4 is 51.8 Å². The number of aromatic amines is 1. The van der Waals surface area contributed by atoms with Gasteiger partial charge in [-0.3, -0.25) is 4.90 Å². The molecule has 0 aliphatic carbocycles. The summed E-state index contributed by atoms with van der Waals surface area (Å²) in [7, 11) is 0. The lowest BCUT2D eigenvalue weighted by molar-refractivity contribution is 0.0791.